The summed E-state index contributed by atoms with van der Waals surface area (Å²) >= 11 is 0. The highest BCUT2D eigenvalue weighted by Gasteiger charge is 2.22. The fraction of sp³-hybridized carbons (Fsp3) is 0.200. The summed E-state index contributed by atoms with van der Waals surface area (Å²) in [4.78, 5) is 31.5. The maximum Gasteiger partial charge on any atom is 0.305 e. The summed E-state index contributed by atoms with van der Waals surface area (Å²) in [7, 11) is 0. The average Bonchev–Trinajstić information content (AvgIpc) is 2.27. The molecule has 7 nitrogen and oxygen atoms in total. The Bertz CT molecular complexity index is 517. The number of hydrogen-bond acceptors (Lipinski definition) is 5. The second-order valence-corrected chi connectivity index (χ2v) is 3.49. The molecule has 0 saturated carbocycles. The molecule has 96 valence electrons. The van der Waals surface area contributed by atoms with Crippen LogP contribution in [0.3, 0.4) is 0 Å². The van der Waals surface area contributed by atoms with Gasteiger partial charge in [0.25, 0.3) is 0 Å². The third-order valence-electron chi connectivity index (χ3n) is 2.16. The van der Waals surface area contributed by atoms with Gasteiger partial charge >= 0.3 is 11.7 Å². The van der Waals surface area contributed by atoms with Gasteiger partial charge in [-0.3, -0.25) is 19.7 Å². The van der Waals surface area contributed by atoms with E-state index in [2.05, 4.69) is 0 Å². The number of ketones is 1. The highest BCUT2D eigenvalue weighted by atomic mass is 19.1. The number of carboxylic acids is 1. The SMILES string of the molecule is NC(CC(=O)O)C(=O)c1ccc(F)c([N+](=O)[O-])c1. The number of carboxylic acid groups (broad SMARTS) is 1. The van der Waals surface area contributed by atoms with Crippen molar-refractivity contribution in [2.24, 2.45) is 5.73 Å². The molecule has 1 unspecified atom stereocenters. The van der Waals surface area contributed by atoms with Crippen molar-refractivity contribution in [3.8, 4) is 0 Å². The Labute approximate surface area is 100 Å². The van der Waals surface area contributed by atoms with Crippen LogP contribution in [0.25, 0.3) is 0 Å². The van der Waals surface area contributed by atoms with Crippen molar-refractivity contribution in [3.63, 3.8) is 0 Å². The third-order valence-corrected chi connectivity index (χ3v) is 2.16. The van der Waals surface area contributed by atoms with Crippen LogP contribution in [0.2, 0.25) is 0 Å². The van der Waals surface area contributed by atoms with Crippen LogP contribution in [0.15, 0.2) is 18.2 Å². The minimum absolute atomic E-state index is 0.197. The van der Waals surface area contributed by atoms with Crippen LogP contribution in [0.4, 0.5) is 10.1 Å². The molecule has 1 aromatic carbocycles. The van der Waals surface area contributed by atoms with Crippen LogP contribution >= 0.6 is 0 Å². The highest BCUT2D eigenvalue weighted by molar-refractivity contribution is 6.02. The van der Waals surface area contributed by atoms with Crippen LogP contribution < -0.4 is 5.73 Å². The number of Topliss-reactive ketones (excluding diaryl/α,β-unsaturated/α-hetero) is 1. The molecule has 0 aliphatic rings. The fourth-order valence-corrected chi connectivity index (χ4v) is 1.30. The molecule has 1 atom stereocenters. The first-order valence-electron chi connectivity index (χ1n) is 4.78. The monoisotopic (exact) mass is 256 g/mol. The van der Waals surface area contributed by atoms with E-state index < -0.39 is 40.6 Å². The smallest absolute Gasteiger partial charge is 0.305 e. The minimum Gasteiger partial charge on any atom is -0.481 e. The van der Waals surface area contributed by atoms with Crippen molar-refractivity contribution < 1.29 is 24.0 Å². The Morgan fingerprint density at radius 3 is 2.61 bits per heavy atom. The molecule has 0 amide bonds. The molecule has 0 aliphatic heterocycles. The molecule has 0 aromatic heterocycles. The van der Waals surface area contributed by atoms with Gasteiger partial charge < -0.3 is 10.8 Å². The number of hydrogen-bond donors (Lipinski definition) is 2. The van der Waals surface area contributed by atoms with E-state index in [4.69, 9.17) is 10.8 Å². The maximum atomic E-state index is 13.0. The van der Waals surface area contributed by atoms with Gasteiger partial charge in [0.05, 0.1) is 17.4 Å². The first kappa shape index (κ1) is 13.7. The number of nitro benzene ring substituents is 1. The lowest BCUT2D eigenvalue weighted by atomic mass is 10.0. The Morgan fingerprint density at radius 1 is 1.50 bits per heavy atom. The maximum absolute atomic E-state index is 13.0. The minimum atomic E-state index is -1.33. The number of carbonyl (C=O) groups is 2. The van der Waals surface area contributed by atoms with Gasteiger partial charge in [0.2, 0.25) is 5.82 Å². The predicted octanol–water partition coefficient (Wildman–Crippen LogP) is 0.719. The van der Waals surface area contributed by atoms with E-state index in [9.17, 15) is 24.1 Å². The molecule has 18 heavy (non-hydrogen) atoms. The molecule has 0 bridgehead atoms. The summed E-state index contributed by atoms with van der Waals surface area (Å²) in [6.07, 6.45) is -0.607. The van der Waals surface area contributed by atoms with Gasteiger partial charge in [-0.2, -0.15) is 4.39 Å². The van der Waals surface area contributed by atoms with E-state index in [0.717, 1.165) is 18.2 Å². The van der Waals surface area contributed by atoms with E-state index in [1.807, 2.05) is 0 Å². The normalized spacial score (nSPS) is 11.9. The van der Waals surface area contributed by atoms with Crippen molar-refractivity contribution in [2.75, 3.05) is 0 Å². The van der Waals surface area contributed by atoms with Gasteiger partial charge in [-0.15, -0.1) is 0 Å². The van der Waals surface area contributed by atoms with Gasteiger partial charge in [-0.25, -0.2) is 0 Å². The van der Waals surface area contributed by atoms with Gasteiger partial charge in [0, 0.05) is 11.6 Å². The van der Waals surface area contributed by atoms with E-state index in [-0.39, 0.29) is 5.56 Å². The van der Waals surface area contributed by atoms with Gasteiger partial charge in [0.15, 0.2) is 5.78 Å². The summed E-state index contributed by atoms with van der Waals surface area (Å²) in [6, 6.07) is 1.19. The lowest BCUT2D eigenvalue weighted by Crippen LogP contribution is -2.33. The Hall–Kier alpha value is -2.35. The molecular formula is C10H9FN2O5. The Balaban J connectivity index is 3.03. The highest BCUT2D eigenvalue weighted by Crippen LogP contribution is 2.19. The number of benzene rings is 1. The lowest BCUT2D eigenvalue weighted by molar-refractivity contribution is -0.387. The summed E-state index contributed by atoms with van der Waals surface area (Å²) in [5.41, 5.74) is 4.27. The standard InChI is InChI=1S/C10H9FN2O5/c11-6-2-1-5(3-8(6)13(17)18)10(16)7(12)4-9(14)15/h1-3,7H,4,12H2,(H,14,15). The van der Waals surface area contributed by atoms with Gasteiger partial charge in [-0.1, -0.05) is 0 Å². The van der Waals surface area contributed by atoms with Crippen molar-refractivity contribution >= 4 is 17.4 Å². The molecule has 8 heteroatoms. The van der Waals surface area contributed by atoms with Crippen LogP contribution in [0.5, 0.6) is 0 Å². The first-order chi connectivity index (χ1) is 8.32. The van der Waals surface area contributed by atoms with E-state index >= 15 is 0 Å². The molecule has 0 heterocycles. The van der Waals surface area contributed by atoms with Crippen LogP contribution in [-0.4, -0.2) is 27.8 Å². The van der Waals surface area contributed by atoms with E-state index in [1.54, 1.807) is 0 Å². The van der Waals surface area contributed by atoms with E-state index in [0.29, 0.717) is 0 Å². The van der Waals surface area contributed by atoms with Crippen LogP contribution in [-0.2, 0) is 4.79 Å². The Morgan fingerprint density at radius 2 is 2.11 bits per heavy atom. The van der Waals surface area contributed by atoms with Crippen molar-refractivity contribution in [2.45, 2.75) is 12.5 Å². The number of carbonyl (C=O) groups excluding carboxylic acids is 1. The second kappa shape index (κ2) is 5.32. The second-order valence-electron chi connectivity index (χ2n) is 3.49. The molecule has 0 radical (unpaired) electrons. The number of nitrogens with two attached hydrogens (primary N) is 1. The molecular weight excluding hydrogens is 247 g/mol. The molecule has 0 fully saturated rings. The van der Waals surface area contributed by atoms with Crippen molar-refractivity contribution in [3.05, 3.63) is 39.7 Å². The number of aliphatic carboxylic acids is 1. The van der Waals surface area contributed by atoms with Crippen molar-refractivity contribution in [1.82, 2.24) is 0 Å². The largest absolute Gasteiger partial charge is 0.481 e. The van der Waals surface area contributed by atoms with Gasteiger partial charge in [0.1, 0.15) is 0 Å². The number of nitrogens with zero attached hydrogens (tertiary/aromatic N) is 1. The topological polar surface area (TPSA) is 124 Å². The molecule has 1 aromatic rings. The zero-order valence-electron chi connectivity index (χ0n) is 9.00. The lowest BCUT2D eigenvalue weighted by Gasteiger charge is -2.07. The summed E-state index contributed by atoms with van der Waals surface area (Å²) in [6.45, 7) is 0. The zero-order valence-corrected chi connectivity index (χ0v) is 9.00. The number of halogens is 1. The summed E-state index contributed by atoms with van der Waals surface area (Å²) in [5.74, 6) is -3.14. The molecule has 0 saturated heterocycles. The van der Waals surface area contributed by atoms with Crippen LogP contribution in [0, 0.1) is 15.9 Å². The molecule has 1 rings (SSSR count). The first-order valence-corrected chi connectivity index (χ1v) is 4.78. The molecule has 0 aliphatic carbocycles. The quantitative estimate of drug-likeness (QED) is 0.454. The Kier molecular flexibility index (Phi) is 4.05. The predicted molar refractivity (Wildman–Crippen MR) is 57.6 cm³/mol. The third kappa shape index (κ3) is 3.08. The fourth-order valence-electron chi connectivity index (χ4n) is 1.30. The number of rotatable bonds is 5. The summed E-state index contributed by atoms with van der Waals surface area (Å²) < 4.78 is 13.0. The van der Waals surface area contributed by atoms with Gasteiger partial charge in [-0.05, 0) is 12.1 Å². The van der Waals surface area contributed by atoms with E-state index in [1.165, 1.54) is 0 Å². The van der Waals surface area contributed by atoms with Crippen LogP contribution in [0.1, 0.15) is 16.8 Å². The average molecular weight is 256 g/mol. The number of nitro groups is 1. The summed E-state index contributed by atoms with van der Waals surface area (Å²) in [5, 5.41) is 18.9. The van der Waals surface area contributed by atoms with Crippen molar-refractivity contribution in [1.29, 1.82) is 0 Å². The zero-order chi connectivity index (χ0) is 13.9. The molecule has 0 spiro atoms. The molecule has 3 N–H and O–H groups in total.